The molecule has 0 aromatic carbocycles. The second-order valence-corrected chi connectivity index (χ2v) is 9.13. The number of hydrogen-bond donors (Lipinski definition) is 6. The minimum atomic E-state index is -0.162. The van der Waals surface area contributed by atoms with Crippen LogP contribution in [0.2, 0.25) is 0 Å². The maximum Gasteiger partial charge on any atom is 0.246 e. The Kier molecular flexibility index (Phi) is 14.7. The molecule has 1 aliphatic heterocycles. The smallest absolute Gasteiger partial charge is 0.246 e. The van der Waals surface area contributed by atoms with Crippen molar-refractivity contribution < 1.29 is 9.90 Å². The van der Waals surface area contributed by atoms with Gasteiger partial charge in [0.15, 0.2) is 0 Å². The summed E-state index contributed by atoms with van der Waals surface area (Å²) >= 11 is 0. The minimum absolute atomic E-state index is 0.0240. The molecule has 1 aliphatic carbocycles. The number of nitrogens with zero attached hydrogens (tertiary/aromatic N) is 3. The number of rotatable bonds is 15. The average Bonchev–Trinajstić information content (AvgIpc) is 2.92. The first-order valence-electron chi connectivity index (χ1n) is 13.5. The lowest BCUT2D eigenvalue weighted by molar-refractivity contribution is -0.119. The number of carbonyl (C=O) groups is 1. The maximum absolute atomic E-state index is 13.0. The van der Waals surface area contributed by atoms with Gasteiger partial charge in [0.05, 0.1) is 18.0 Å². The van der Waals surface area contributed by atoms with Crippen LogP contribution in [0.1, 0.15) is 20.3 Å². The molecule has 10 nitrogen and oxygen atoms in total. The molecule has 0 bridgehead atoms. The monoisotopic (exact) mass is 516 g/mol. The van der Waals surface area contributed by atoms with E-state index in [-0.39, 0.29) is 19.1 Å². The topological polar surface area (TPSA) is 116 Å². The first kappa shape index (κ1) is 30.6. The highest BCUT2D eigenvalue weighted by Crippen LogP contribution is 2.18. The molecule has 2 rings (SSSR count). The molecule has 1 saturated heterocycles. The summed E-state index contributed by atoms with van der Waals surface area (Å²) < 4.78 is 0. The van der Waals surface area contributed by atoms with Crippen molar-refractivity contribution in [2.24, 2.45) is 10.9 Å². The largest absolute Gasteiger partial charge is 0.395 e. The molecule has 6 N–H and O–H groups in total. The van der Waals surface area contributed by atoms with Crippen LogP contribution in [0.5, 0.6) is 0 Å². The highest BCUT2D eigenvalue weighted by Gasteiger charge is 2.19. The van der Waals surface area contributed by atoms with E-state index in [9.17, 15) is 9.90 Å². The van der Waals surface area contributed by atoms with Crippen molar-refractivity contribution in [3.63, 3.8) is 0 Å². The molecule has 10 heteroatoms. The van der Waals surface area contributed by atoms with E-state index in [1.165, 1.54) is 0 Å². The van der Waals surface area contributed by atoms with E-state index in [0.717, 1.165) is 75.0 Å². The Morgan fingerprint density at radius 1 is 1.30 bits per heavy atom. The lowest BCUT2D eigenvalue weighted by Crippen LogP contribution is -2.44. The first-order chi connectivity index (χ1) is 18.1. The number of likely N-dealkylation sites (N-methyl/N-ethyl adjacent to an activating group) is 2. The number of carbonyl (C=O) groups excluding carboxylic acids is 1. The summed E-state index contributed by atoms with van der Waals surface area (Å²) in [4.78, 5) is 22.2. The SMILES string of the molecule is C/C=C(\C(=C/NC)NC(=O)CN=C(NCCNC)C1=CCC(CN(CC)CCO)C=C1)N1CCNCC1. The van der Waals surface area contributed by atoms with Crippen molar-refractivity contribution in [2.75, 3.05) is 86.1 Å². The maximum atomic E-state index is 13.0. The zero-order valence-electron chi connectivity index (χ0n) is 23.1. The number of allylic oxidation sites excluding steroid dienone is 2. The van der Waals surface area contributed by atoms with Crippen molar-refractivity contribution in [1.82, 2.24) is 36.4 Å². The molecule has 1 unspecified atom stereocenters. The number of amides is 1. The first-order valence-corrected chi connectivity index (χ1v) is 13.5. The van der Waals surface area contributed by atoms with Gasteiger partial charge >= 0.3 is 0 Å². The van der Waals surface area contributed by atoms with Crippen LogP contribution in [0.3, 0.4) is 0 Å². The van der Waals surface area contributed by atoms with Gasteiger partial charge in [-0.3, -0.25) is 9.79 Å². The number of aliphatic hydroxyl groups is 1. The molecule has 37 heavy (non-hydrogen) atoms. The Bertz CT molecular complexity index is 843. The van der Waals surface area contributed by atoms with Gasteiger partial charge in [-0.25, -0.2) is 0 Å². The highest BCUT2D eigenvalue weighted by atomic mass is 16.3. The lowest BCUT2D eigenvalue weighted by atomic mass is 9.95. The van der Waals surface area contributed by atoms with Crippen molar-refractivity contribution in [1.29, 1.82) is 0 Å². The molecule has 0 spiro atoms. The molecule has 2 aliphatic rings. The summed E-state index contributed by atoms with van der Waals surface area (Å²) in [6.07, 6.45) is 11.3. The van der Waals surface area contributed by atoms with Crippen LogP contribution in [0, 0.1) is 5.92 Å². The molecule has 208 valence electrons. The summed E-state index contributed by atoms with van der Waals surface area (Å²) in [7, 11) is 3.74. The molecular formula is C27H48N8O2. The van der Waals surface area contributed by atoms with Crippen LogP contribution in [0.4, 0.5) is 0 Å². The minimum Gasteiger partial charge on any atom is -0.395 e. The summed E-state index contributed by atoms with van der Waals surface area (Å²) in [5.41, 5.74) is 2.76. The van der Waals surface area contributed by atoms with Gasteiger partial charge in [-0.05, 0) is 32.9 Å². The van der Waals surface area contributed by atoms with Gasteiger partial charge in [0, 0.05) is 71.2 Å². The van der Waals surface area contributed by atoms with Gasteiger partial charge in [-0.15, -0.1) is 0 Å². The third kappa shape index (κ3) is 10.7. The number of aliphatic imine (C=N–C) groups is 1. The third-order valence-corrected chi connectivity index (χ3v) is 6.44. The highest BCUT2D eigenvalue weighted by molar-refractivity contribution is 6.02. The standard InChI is InChI=1S/C27H48N8O2/c1-5-25(35-15-13-30-14-16-35)24(19-29-4)33-26(37)20-32-27(31-12-11-28-3)23-9-7-22(8-10-23)21-34(6-2)17-18-36/h5,7,9-10,19,22,28-30,36H,6,8,11-18,20-21H2,1-4H3,(H,31,32)(H,33,37)/b24-19+,25-5+. The molecule has 0 aromatic rings. The van der Waals surface area contributed by atoms with Crippen LogP contribution in [-0.2, 0) is 4.79 Å². The predicted molar refractivity (Wildman–Crippen MR) is 152 cm³/mol. The van der Waals surface area contributed by atoms with Crippen LogP contribution >= 0.6 is 0 Å². The Balaban J connectivity index is 2.06. The molecule has 0 aromatic heterocycles. The van der Waals surface area contributed by atoms with Gasteiger partial charge in [0.25, 0.3) is 0 Å². The van der Waals surface area contributed by atoms with E-state index in [2.05, 4.69) is 66.5 Å². The Morgan fingerprint density at radius 2 is 2.08 bits per heavy atom. The predicted octanol–water partition coefficient (Wildman–Crippen LogP) is -0.00340. The van der Waals surface area contributed by atoms with E-state index in [4.69, 9.17) is 0 Å². The molecule has 0 radical (unpaired) electrons. The molecule has 1 heterocycles. The molecular weight excluding hydrogens is 468 g/mol. The van der Waals surface area contributed by atoms with Gasteiger partial charge in [0.1, 0.15) is 12.4 Å². The summed E-state index contributed by atoms with van der Waals surface area (Å²) in [6.45, 7) is 12.0. The zero-order valence-corrected chi connectivity index (χ0v) is 23.1. The van der Waals surface area contributed by atoms with Crippen LogP contribution in [0.25, 0.3) is 0 Å². The lowest BCUT2D eigenvalue weighted by Gasteiger charge is -2.32. The van der Waals surface area contributed by atoms with Gasteiger partial charge in [-0.2, -0.15) is 0 Å². The van der Waals surface area contributed by atoms with Crippen molar-refractivity contribution in [3.05, 3.63) is 47.5 Å². The zero-order chi connectivity index (χ0) is 26.9. The molecule has 0 saturated carbocycles. The summed E-state index contributed by atoms with van der Waals surface area (Å²) in [5, 5.41) is 25.3. The van der Waals surface area contributed by atoms with Crippen LogP contribution < -0.4 is 26.6 Å². The van der Waals surface area contributed by atoms with E-state index >= 15 is 0 Å². The average molecular weight is 517 g/mol. The number of amidine groups is 1. The normalized spacial score (nSPS) is 19.2. The van der Waals surface area contributed by atoms with Gasteiger partial charge in [-0.1, -0.05) is 31.2 Å². The number of piperazine rings is 1. The van der Waals surface area contributed by atoms with Crippen LogP contribution in [-0.4, -0.2) is 113 Å². The Morgan fingerprint density at radius 3 is 2.68 bits per heavy atom. The fraction of sp³-hybridized carbons (Fsp3) is 0.630. The van der Waals surface area contributed by atoms with Gasteiger partial charge in [0.2, 0.25) is 5.91 Å². The van der Waals surface area contributed by atoms with Crippen molar-refractivity contribution in [3.8, 4) is 0 Å². The Labute approximate surface area is 223 Å². The van der Waals surface area contributed by atoms with E-state index in [1.54, 1.807) is 0 Å². The quantitative estimate of drug-likeness (QED) is 0.0780. The number of aliphatic hydroxyl groups excluding tert-OH is 1. The summed E-state index contributed by atoms with van der Waals surface area (Å²) in [5.74, 6) is 0.968. The second-order valence-electron chi connectivity index (χ2n) is 9.13. The molecule has 1 fully saturated rings. The Hall–Kier alpha value is -2.66. The summed E-state index contributed by atoms with van der Waals surface area (Å²) in [6, 6.07) is 0. The van der Waals surface area contributed by atoms with Gasteiger partial charge < -0.3 is 41.5 Å². The fourth-order valence-electron chi connectivity index (χ4n) is 4.46. The van der Waals surface area contributed by atoms with Crippen molar-refractivity contribution >= 4 is 11.7 Å². The second kappa shape index (κ2) is 17.7. The number of nitrogens with one attached hydrogen (secondary N) is 5. The third-order valence-electron chi connectivity index (χ3n) is 6.44. The number of hydrogen-bond acceptors (Lipinski definition) is 8. The van der Waals surface area contributed by atoms with E-state index in [0.29, 0.717) is 19.0 Å². The van der Waals surface area contributed by atoms with Crippen LogP contribution in [0.15, 0.2) is 52.5 Å². The molecule has 1 amide bonds. The van der Waals surface area contributed by atoms with Crippen molar-refractivity contribution in [2.45, 2.75) is 20.3 Å². The van der Waals surface area contributed by atoms with E-state index in [1.807, 2.05) is 33.3 Å². The van der Waals surface area contributed by atoms with E-state index < -0.39 is 0 Å². The molecule has 1 atom stereocenters. The fourth-order valence-corrected chi connectivity index (χ4v) is 4.46.